The minimum atomic E-state index is -0.217. The Labute approximate surface area is 139 Å². The molecule has 0 atom stereocenters. The average molecular weight is 325 g/mol. The van der Waals surface area contributed by atoms with Gasteiger partial charge < -0.3 is 5.32 Å². The zero-order valence-electron chi connectivity index (χ0n) is 13.9. The summed E-state index contributed by atoms with van der Waals surface area (Å²) >= 11 is 0. The zero-order chi connectivity index (χ0) is 17.1. The van der Waals surface area contributed by atoms with Crippen molar-refractivity contribution in [3.8, 4) is 11.3 Å². The minimum Gasteiger partial charge on any atom is -0.354 e. The van der Waals surface area contributed by atoms with E-state index in [0.717, 1.165) is 22.6 Å². The lowest BCUT2D eigenvalue weighted by atomic mass is 10.1. The van der Waals surface area contributed by atoms with Gasteiger partial charge in [0.05, 0.1) is 5.69 Å². The second-order valence-electron chi connectivity index (χ2n) is 5.53. The van der Waals surface area contributed by atoms with Crippen molar-refractivity contribution in [2.24, 2.45) is 7.05 Å². The number of aromatic nitrogens is 6. The summed E-state index contributed by atoms with van der Waals surface area (Å²) < 4.78 is 1.49. The Bertz CT molecular complexity index is 913. The van der Waals surface area contributed by atoms with E-state index in [9.17, 15) is 4.79 Å². The second kappa shape index (κ2) is 6.61. The summed E-state index contributed by atoms with van der Waals surface area (Å²) in [5.41, 5.74) is 3.51. The van der Waals surface area contributed by atoms with Crippen LogP contribution < -0.4 is 11.0 Å². The van der Waals surface area contributed by atoms with E-state index in [-0.39, 0.29) is 5.69 Å². The van der Waals surface area contributed by atoms with Crippen LogP contribution >= 0.6 is 0 Å². The van der Waals surface area contributed by atoms with Crippen molar-refractivity contribution in [2.45, 2.75) is 20.3 Å². The topological polar surface area (TPSA) is 101 Å². The number of aromatic amines is 1. The van der Waals surface area contributed by atoms with Crippen LogP contribution in [0.5, 0.6) is 0 Å². The first-order valence-corrected chi connectivity index (χ1v) is 7.66. The number of hydrogen-bond donors (Lipinski definition) is 2. The first-order valence-electron chi connectivity index (χ1n) is 7.66. The molecule has 0 unspecified atom stereocenters. The van der Waals surface area contributed by atoms with Gasteiger partial charge in [-0.1, -0.05) is 0 Å². The summed E-state index contributed by atoms with van der Waals surface area (Å²) in [6.07, 6.45) is 2.31. The standard InChI is InChI=1S/C16H19N7O/c1-10-4-5-12(11(2)19-10)13-6-8-17-15(20-13)18-9-7-14-21-22-16(24)23(14)3/h4-6,8H,7,9H2,1-3H3,(H,22,24)(H,17,18,20). The molecule has 8 heteroatoms. The fourth-order valence-corrected chi connectivity index (χ4v) is 2.44. The van der Waals surface area contributed by atoms with E-state index in [0.29, 0.717) is 24.7 Å². The van der Waals surface area contributed by atoms with Crippen molar-refractivity contribution in [1.29, 1.82) is 0 Å². The highest BCUT2D eigenvalue weighted by Crippen LogP contribution is 2.20. The van der Waals surface area contributed by atoms with Crippen LogP contribution in [0, 0.1) is 13.8 Å². The summed E-state index contributed by atoms with van der Waals surface area (Å²) in [5.74, 6) is 1.22. The summed E-state index contributed by atoms with van der Waals surface area (Å²) in [5, 5.41) is 9.54. The lowest BCUT2D eigenvalue weighted by molar-refractivity contribution is 0.769. The smallest absolute Gasteiger partial charge is 0.343 e. The van der Waals surface area contributed by atoms with Gasteiger partial charge in [0.25, 0.3) is 0 Å². The number of H-pyrrole nitrogens is 1. The summed E-state index contributed by atoms with van der Waals surface area (Å²) in [7, 11) is 1.69. The van der Waals surface area contributed by atoms with Crippen LogP contribution in [0.2, 0.25) is 0 Å². The van der Waals surface area contributed by atoms with Crippen molar-refractivity contribution in [3.63, 3.8) is 0 Å². The first-order chi connectivity index (χ1) is 11.5. The van der Waals surface area contributed by atoms with Gasteiger partial charge in [-0.05, 0) is 32.0 Å². The molecular formula is C16H19N7O. The van der Waals surface area contributed by atoms with E-state index >= 15 is 0 Å². The van der Waals surface area contributed by atoms with Gasteiger partial charge in [-0.2, -0.15) is 5.10 Å². The average Bonchev–Trinajstić information content (AvgIpc) is 2.87. The number of aryl methyl sites for hydroxylation is 2. The van der Waals surface area contributed by atoms with Gasteiger partial charge in [-0.25, -0.2) is 19.9 Å². The molecule has 3 rings (SSSR count). The molecule has 0 aliphatic rings. The molecule has 8 nitrogen and oxygen atoms in total. The maximum Gasteiger partial charge on any atom is 0.343 e. The van der Waals surface area contributed by atoms with Crippen molar-refractivity contribution >= 4 is 5.95 Å². The summed E-state index contributed by atoms with van der Waals surface area (Å²) in [6.45, 7) is 4.51. The van der Waals surface area contributed by atoms with Crippen LogP contribution in [0.3, 0.4) is 0 Å². The van der Waals surface area contributed by atoms with E-state index in [4.69, 9.17) is 0 Å². The van der Waals surface area contributed by atoms with E-state index in [1.807, 2.05) is 32.0 Å². The van der Waals surface area contributed by atoms with Gasteiger partial charge in [0.1, 0.15) is 5.82 Å². The molecule has 0 aliphatic carbocycles. The van der Waals surface area contributed by atoms with Gasteiger partial charge in [-0.15, -0.1) is 0 Å². The quantitative estimate of drug-likeness (QED) is 0.731. The fraction of sp³-hybridized carbons (Fsp3) is 0.312. The number of nitrogens with one attached hydrogen (secondary N) is 2. The first kappa shape index (κ1) is 15.9. The van der Waals surface area contributed by atoms with Crippen LogP contribution in [0.1, 0.15) is 17.2 Å². The molecule has 0 fully saturated rings. The molecule has 2 N–H and O–H groups in total. The molecule has 0 saturated carbocycles. The molecule has 0 spiro atoms. The van der Waals surface area contributed by atoms with Crippen molar-refractivity contribution in [1.82, 2.24) is 29.7 Å². The molecule has 0 bridgehead atoms. The maximum atomic E-state index is 11.3. The Morgan fingerprint density at radius 2 is 2.04 bits per heavy atom. The molecule has 3 heterocycles. The number of hydrogen-bond acceptors (Lipinski definition) is 6. The summed E-state index contributed by atoms with van der Waals surface area (Å²) in [4.78, 5) is 24.6. The van der Waals surface area contributed by atoms with E-state index in [2.05, 4.69) is 30.5 Å². The van der Waals surface area contributed by atoms with Crippen molar-refractivity contribution in [2.75, 3.05) is 11.9 Å². The van der Waals surface area contributed by atoms with E-state index in [1.165, 1.54) is 4.57 Å². The normalized spacial score (nSPS) is 10.8. The van der Waals surface area contributed by atoms with Gasteiger partial charge >= 0.3 is 5.69 Å². The lowest BCUT2D eigenvalue weighted by Crippen LogP contribution is -2.16. The molecule has 3 aromatic heterocycles. The van der Waals surface area contributed by atoms with Gasteiger partial charge in [-0.3, -0.25) is 9.55 Å². The van der Waals surface area contributed by atoms with Crippen LogP contribution in [0.15, 0.2) is 29.2 Å². The number of nitrogens with zero attached hydrogens (tertiary/aromatic N) is 5. The highest BCUT2D eigenvalue weighted by atomic mass is 16.1. The third-order valence-electron chi connectivity index (χ3n) is 3.76. The zero-order valence-corrected chi connectivity index (χ0v) is 13.9. The second-order valence-corrected chi connectivity index (χ2v) is 5.53. The van der Waals surface area contributed by atoms with Crippen LogP contribution in [-0.4, -0.2) is 36.3 Å². The molecule has 24 heavy (non-hydrogen) atoms. The third kappa shape index (κ3) is 3.32. The Balaban J connectivity index is 1.71. The molecule has 124 valence electrons. The maximum absolute atomic E-state index is 11.3. The van der Waals surface area contributed by atoms with E-state index < -0.39 is 0 Å². The Hall–Kier alpha value is -3.03. The number of rotatable bonds is 5. The SMILES string of the molecule is Cc1ccc(-c2ccnc(NCCc3n[nH]c(=O)n3C)n2)c(C)n1. The minimum absolute atomic E-state index is 0.217. The molecular weight excluding hydrogens is 306 g/mol. The highest BCUT2D eigenvalue weighted by molar-refractivity contribution is 5.62. The molecule has 0 aliphatic heterocycles. The van der Waals surface area contributed by atoms with Crippen molar-refractivity contribution < 1.29 is 0 Å². The largest absolute Gasteiger partial charge is 0.354 e. The molecule has 3 aromatic rings. The summed E-state index contributed by atoms with van der Waals surface area (Å²) in [6, 6.07) is 5.85. The van der Waals surface area contributed by atoms with Gasteiger partial charge in [0, 0.05) is 43.2 Å². The fourth-order valence-electron chi connectivity index (χ4n) is 2.44. The van der Waals surface area contributed by atoms with Crippen LogP contribution in [0.25, 0.3) is 11.3 Å². The molecule has 0 radical (unpaired) electrons. The lowest BCUT2D eigenvalue weighted by Gasteiger charge is -2.08. The predicted molar refractivity (Wildman–Crippen MR) is 90.8 cm³/mol. The molecule has 0 amide bonds. The Morgan fingerprint density at radius 1 is 1.21 bits per heavy atom. The number of anilines is 1. The highest BCUT2D eigenvalue weighted by Gasteiger charge is 2.07. The predicted octanol–water partition coefficient (Wildman–Crippen LogP) is 1.23. The Morgan fingerprint density at radius 3 is 2.75 bits per heavy atom. The molecule has 0 saturated heterocycles. The van der Waals surface area contributed by atoms with Gasteiger partial charge in [0.2, 0.25) is 5.95 Å². The van der Waals surface area contributed by atoms with Crippen LogP contribution in [-0.2, 0) is 13.5 Å². The third-order valence-corrected chi connectivity index (χ3v) is 3.76. The monoisotopic (exact) mass is 325 g/mol. The number of pyridine rings is 1. The van der Waals surface area contributed by atoms with Crippen LogP contribution in [0.4, 0.5) is 5.95 Å². The molecule has 0 aromatic carbocycles. The van der Waals surface area contributed by atoms with Crippen molar-refractivity contribution in [3.05, 3.63) is 52.1 Å². The Kier molecular flexibility index (Phi) is 4.37. The van der Waals surface area contributed by atoms with E-state index in [1.54, 1.807) is 13.2 Å². The van der Waals surface area contributed by atoms with Gasteiger partial charge in [0.15, 0.2) is 0 Å².